The van der Waals surface area contributed by atoms with Crippen LogP contribution in [-0.4, -0.2) is 21.9 Å². The predicted molar refractivity (Wildman–Crippen MR) is 97.1 cm³/mol. The Morgan fingerprint density at radius 3 is 2.71 bits per heavy atom. The zero-order valence-corrected chi connectivity index (χ0v) is 13.8. The Bertz CT molecular complexity index is 924. The van der Waals surface area contributed by atoms with Gasteiger partial charge in [-0.2, -0.15) is 0 Å². The zero-order valence-electron chi connectivity index (χ0n) is 13.8. The molecule has 120 valence electrons. The minimum absolute atomic E-state index is 0.0887. The molecule has 0 radical (unpaired) electrons. The highest BCUT2D eigenvalue weighted by Crippen LogP contribution is 2.31. The number of amides is 1. The van der Waals surface area contributed by atoms with E-state index in [4.69, 9.17) is 0 Å². The number of benzene rings is 2. The van der Waals surface area contributed by atoms with Gasteiger partial charge in [-0.05, 0) is 30.7 Å². The molecule has 0 saturated heterocycles. The van der Waals surface area contributed by atoms with Crippen LogP contribution in [0.25, 0.3) is 10.9 Å². The summed E-state index contributed by atoms with van der Waals surface area (Å²) < 4.78 is 2.13. The van der Waals surface area contributed by atoms with Gasteiger partial charge in [0.2, 0.25) is 0 Å². The molecule has 1 aromatic heterocycles. The molecule has 0 unspecified atom stereocenters. The van der Waals surface area contributed by atoms with Crippen LogP contribution in [0.1, 0.15) is 27.7 Å². The largest absolute Gasteiger partial charge is 0.331 e. The summed E-state index contributed by atoms with van der Waals surface area (Å²) in [5.41, 5.74) is 4.21. The highest BCUT2D eigenvalue weighted by Gasteiger charge is 2.31. The Morgan fingerprint density at radius 1 is 1.17 bits per heavy atom. The van der Waals surface area contributed by atoms with Crippen molar-refractivity contribution in [3.8, 4) is 0 Å². The van der Waals surface area contributed by atoms with Crippen LogP contribution in [0.3, 0.4) is 0 Å². The van der Waals surface area contributed by atoms with Gasteiger partial charge in [0, 0.05) is 24.0 Å². The topological polar surface area (TPSA) is 25.2 Å². The molecule has 0 N–H and O–H groups in total. The Kier molecular flexibility index (Phi) is 3.49. The Balaban J connectivity index is 1.78. The highest BCUT2D eigenvalue weighted by atomic mass is 16.2. The van der Waals surface area contributed by atoms with Gasteiger partial charge in [-0.3, -0.25) is 4.79 Å². The quantitative estimate of drug-likeness (QED) is 0.660. The molecular formula is C21H20N2O. The second kappa shape index (κ2) is 5.68. The fourth-order valence-electron chi connectivity index (χ4n) is 3.55. The van der Waals surface area contributed by atoms with E-state index in [0.717, 1.165) is 22.2 Å². The first-order valence-electron chi connectivity index (χ1n) is 8.25. The first-order valence-corrected chi connectivity index (χ1v) is 8.25. The van der Waals surface area contributed by atoms with Crippen LogP contribution in [-0.2, 0) is 6.54 Å². The van der Waals surface area contributed by atoms with Gasteiger partial charge in [0.05, 0.1) is 6.04 Å². The maximum atomic E-state index is 13.0. The molecule has 2 aromatic carbocycles. The smallest absolute Gasteiger partial charge is 0.270 e. The normalized spacial score (nSPS) is 17.1. The second-order valence-corrected chi connectivity index (χ2v) is 6.44. The van der Waals surface area contributed by atoms with Crippen molar-refractivity contribution in [2.24, 2.45) is 0 Å². The summed E-state index contributed by atoms with van der Waals surface area (Å²) in [5, 5.41) is 1.12. The number of carbonyl (C=O) groups is 1. The van der Waals surface area contributed by atoms with Gasteiger partial charge in [-0.15, -0.1) is 6.58 Å². The minimum atomic E-state index is 0.0887. The number of hydrogen-bond donors (Lipinski definition) is 0. The summed E-state index contributed by atoms with van der Waals surface area (Å²) in [4.78, 5) is 14.9. The van der Waals surface area contributed by atoms with E-state index in [-0.39, 0.29) is 11.9 Å². The summed E-state index contributed by atoms with van der Waals surface area (Å²) in [6, 6.07) is 18.6. The number of rotatable bonds is 3. The SMILES string of the molecule is C=C[C@H]1CN(Cc2ccccc2)C(=O)c2cc3cc(C)ccc3n21. The van der Waals surface area contributed by atoms with Crippen LogP contribution in [0.2, 0.25) is 0 Å². The average molecular weight is 316 g/mol. The molecule has 0 saturated carbocycles. The lowest BCUT2D eigenvalue weighted by molar-refractivity contribution is 0.0676. The Labute approximate surface area is 141 Å². The van der Waals surface area contributed by atoms with Gasteiger partial charge >= 0.3 is 0 Å². The molecule has 24 heavy (non-hydrogen) atoms. The molecule has 1 amide bonds. The fraction of sp³-hybridized carbons (Fsp3) is 0.190. The second-order valence-electron chi connectivity index (χ2n) is 6.44. The monoisotopic (exact) mass is 316 g/mol. The maximum absolute atomic E-state index is 13.0. The van der Waals surface area contributed by atoms with E-state index < -0.39 is 0 Å². The number of fused-ring (bicyclic) bond motifs is 3. The van der Waals surface area contributed by atoms with E-state index >= 15 is 0 Å². The third kappa shape index (κ3) is 2.33. The molecule has 1 aliphatic heterocycles. The molecule has 1 atom stereocenters. The highest BCUT2D eigenvalue weighted by molar-refractivity contribution is 6.00. The van der Waals surface area contributed by atoms with Crippen molar-refractivity contribution in [1.29, 1.82) is 0 Å². The summed E-state index contributed by atoms with van der Waals surface area (Å²) in [7, 11) is 0. The van der Waals surface area contributed by atoms with Crippen molar-refractivity contribution in [2.45, 2.75) is 19.5 Å². The number of nitrogens with zero attached hydrogens (tertiary/aromatic N) is 2. The molecule has 3 nitrogen and oxygen atoms in total. The zero-order chi connectivity index (χ0) is 16.7. The van der Waals surface area contributed by atoms with Crippen molar-refractivity contribution in [2.75, 3.05) is 6.54 Å². The average Bonchev–Trinajstić information content (AvgIpc) is 2.97. The Hall–Kier alpha value is -2.81. The Morgan fingerprint density at radius 2 is 1.96 bits per heavy atom. The number of aryl methyl sites for hydroxylation is 1. The first-order chi connectivity index (χ1) is 11.7. The fourth-order valence-corrected chi connectivity index (χ4v) is 3.55. The van der Waals surface area contributed by atoms with Crippen LogP contribution in [0.5, 0.6) is 0 Å². The van der Waals surface area contributed by atoms with Crippen LogP contribution in [0, 0.1) is 6.92 Å². The molecule has 2 heterocycles. The first kappa shape index (κ1) is 14.8. The van der Waals surface area contributed by atoms with E-state index in [2.05, 4.69) is 48.4 Å². The van der Waals surface area contributed by atoms with E-state index in [1.54, 1.807) is 0 Å². The standard InChI is InChI=1S/C21H20N2O/c1-3-18-14-22(13-16-7-5-4-6-8-16)21(24)20-12-17-11-15(2)9-10-19(17)23(18)20/h3-12,18H,1,13-14H2,2H3/t18-/m0/s1. The van der Waals surface area contributed by atoms with Gasteiger partial charge in [0.15, 0.2) is 0 Å². The van der Waals surface area contributed by atoms with Gasteiger partial charge in [-0.1, -0.05) is 48.0 Å². The molecule has 0 bridgehead atoms. The molecule has 1 aliphatic rings. The van der Waals surface area contributed by atoms with E-state index in [1.165, 1.54) is 5.56 Å². The van der Waals surface area contributed by atoms with Gasteiger partial charge in [-0.25, -0.2) is 0 Å². The van der Waals surface area contributed by atoms with E-state index in [9.17, 15) is 4.79 Å². The number of aromatic nitrogens is 1. The lowest BCUT2D eigenvalue weighted by Crippen LogP contribution is -2.41. The van der Waals surface area contributed by atoms with Gasteiger partial charge in [0.25, 0.3) is 5.91 Å². The molecule has 3 heteroatoms. The molecule has 3 aromatic rings. The molecule has 4 rings (SSSR count). The third-order valence-corrected chi connectivity index (χ3v) is 4.73. The molecular weight excluding hydrogens is 296 g/mol. The summed E-state index contributed by atoms with van der Waals surface area (Å²) in [6.07, 6.45) is 1.94. The van der Waals surface area contributed by atoms with Gasteiger partial charge < -0.3 is 9.47 Å². The lowest BCUT2D eigenvalue weighted by atomic mass is 10.1. The minimum Gasteiger partial charge on any atom is -0.331 e. The van der Waals surface area contributed by atoms with Crippen molar-refractivity contribution < 1.29 is 4.79 Å². The van der Waals surface area contributed by atoms with Crippen molar-refractivity contribution in [1.82, 2.24) is 9.47 Å². The van der Waals surface area contributed by atoms with Gasteiger partial charge in [0.1, 0.15) is 5.69 Å². The van der Waals surface area contributed by atoms with Crippen LogP contribution >= 0.6 is 0 Å². The van der Waals surface area contributed by atoms with Crippen molar-refractivity contribution >= 4 is 16.8 Å². The van der Waals surface area contributed by atoms with Crippen molar-refractivity contribution in [3.63, 3.8) is 0 Å². The maximum Gasteiger partial charge on any atom is 0.270 e. The van der Waals surface area contributed by atoms with Crippen LogP contribution < -0.4 is 0 Å². The number of carbonyl (C=O) groups excluding carboxylic acids is 1. The molecule has 0 aliphatic carbocycles. The summed E-state index contributed by atoms with van der Waals surface area (Å²) in [5.74, 6) is 0.0887. The van der Waals surface area contributed by atoms with E-state index in [0.29, 0.717) is 13.1 Å². The van der Waals surface area contributed by atoms with Crippen molar-refractivity contribution in [3.05, 3.63) is 84.1 Å². The summed E-state index contributed by atoms with van der Waals surface area (Å²) in [6.45, 7) is 7.35. The predicted octanol–water partition coefficient (Wildman–Crippen LogP) is 4.33. The van der Waals surface area contributed by atoms with Crippen LogP contribution in [0.4, 0.5) is 0 Å². The molecule has 0 spiro atoms. The molecule has 0 fully saturated rings. The van der Waals surface area contributed by atoms with E-state index in [1.807, 2.05) is 35.2 Å². The van der Waals surface area contributed by atoms with Crippen LogP contribution in [0.15, 0.2) is 67.3 Å². The summed E-state index contributed by atoms with van der Waals surface area (Å²) >= 11 is 0. The third-order valence-electron chi connectivity index (χ3n) is 4.73. The number of hydrogen-bond acceptors (Lipinski definition) is 1. The lowest BCUT2D eigenvalue weighted by Gasteiger charge is -2.33.